The highest BCUT2D eigenvalue weighted by Crippen LogP contribution is 2.48. The van der Waals surface area contributed by atoms with Gasteiger partial charge in [-0.1, -0.05) is 29.7 Å². The van der Waals surface area contributed by atoms with Crippen LogP contribution in [0.1, 0.15) is 43.1 Å². The van der Waals surface area contributed by atoms with E-state index >= 15 is 0 Å². The Balaban J connectivity index is 1.45. The third-order valence-electron chi connectivity index (χ3n) is 6.10. The largest absolute Gasteiger partial charge is 0.408 e. The van der Waals surface area contributed by atoms with Gasteiger partial charge in [-0.05, 0) is 30.9 Å². The number of nitrogens with two attached hydrogens (primary N) is 1. The number of anilines is 2. The van der Waals surface area contributed by atoms with Crippen molar-refractivity contribution in [2.45, 2.75) is 37.0 Å². The SMILES string of the molecule is NC(=O)CN1C(=O)C2(CCN(c3nnc(C4CCC4)o3)C2)c2ccccc21. The zero-order valence-corrected chi connectivity index (χ0v) is 14.9. The minimum absolute atomic E-state index is 0.0799. The number of carbonyl (C=O) groups excluding carboxylic acids is 2. The molecule has 2 N–H and O–H groups in total. The van der Waals surface area contributed by atoms with Gasteiger partial charge in [-0.25, -0.2) is 0 Å². The van der Waals surface area contributed by atoms with Gasteiger partial charge in [0.1, 0.15) is 6.54 Å². The van der Waals surface area contributed by atoms with Gasteiger partial charge in [0, 0.05) is 24.7 Å². The van der Waals surface area contributed by atoms with Gasteiger partial charge in [-0.15, -0.1) is 5.10 Å². The summed E-state index contributed by atoms with van der Waals surface area (Å²) >= 11 is 0. The fourth-order valence-corrected chi connectivity index (χ4v) is 4.45. The molecule has 1 atom stereocenters. The normalized spacial score (nSPS) is 24.5. The van der Waals surface area contributed by atoms with Crippen molar-refractivity contribution in [3.63, 3.8) is 0 Å². The third kappa shape index (κ3) is 2.35. The van der Waals surface area contributed by atoms with Gasteiger partial charge in [-0.3, -0.25) is 9.59 Å². The highest BCUT2D eigenvalue weighted by molar-refractivity contribution is 6.11. The van der Waals surface area contributed by atoms with Crippen molar-refractivity contribution in [2.75, 3.05) is 29.4 Å². The molecule has 1 aliphatic carbocycles. The number of rotatable bonds is 4. The third-order valence-corrected chi connectivity index (χ3v) is 6.10. The Morgan fingerprint density at radius 3 is 2.85 bits per heavy atom. The number of hydrogen-bond donors (Lipinski definition) is 1. The average molecular weight is 367 g/mol. The molecule has 1 spiro atoms. The molecule has 2 aliphatic heterocycles. The lowest BCUT2D eigenvalue weighted by Gasteiger charge is -2.23. The fraction of sp³-hybridized carbons (Fsp3) is 0.474. The molecule has 3 heterocycles. The van der Waals surface area contributed by atoms with Crippen molar-refractivity contribution >= 4 is 23.5 Å². The molecule has 1 saturated heterocycles. The van der Waals surface area contributed by atoms with E-state index in [4.69, 9.17) is 10.2 Å². The molecule has 1 aromatic heterocycles. The smallest absolute Gasteiger partial charge is 0.318 e. The number of para-hydroxylation sites is 1. The molecule has 1 unspecified atom stereocenters. The zero-order chi connectivity index (χ0) is 18.6. The van der Waals surface area contributed by atoms with Crippen LogP contribution >= 0.6 is 0 Å². The highest BCUT2D eigenvalue weighted by Gasteiger charge is 2.55. The zero-order valence-electron chi connectivity index (χ0n) is 14.9. The molecule has 27 heavy (non-hydrogen) atoms. The molecule has 3 aliphatic rings. The van der Waals surface area contributed by atoms with E-state index < -0.39 is 11.3 Å². The number of carbonyl (C=O) groups is 2. The molecule has 5 rings (SSSR count). The first-order valence-corrected chi connectivity index (χ1v) is 9.37. The van der Waals surface area contributed by atoms with Crippen molar-refractivity contribution < 1.29 is 14.0 Å². The maximum absolute atomic E-state index is 13.3. The van der Waals surface area contributed by atoms with E-state index in [0.717, 1.165) is 24.1 Å². The average Bonchev–Trinajstić information content (AvgIpc) is 3.29. The van der Waals surface area contributed by atoms with Crippen LogP contribution in [0, 0.1) is 0 Å². The molecule has 2 amide bonds. The van der Waals surface area contributed by atoms with Gasteiger partial charge >= 0.3 is 6.01 Å². The lowest BCUT2D eigenvalue weighted by Crippen LogP contribution is -2.45. The quantitative estimate of drug-likeness (QED) is 0.874. The van der Waals surface area contributed by atoms with Crippen molar-refractivity contribution in [3.8, 4) is 0 Å². The number of benzene rings is 1. The van der Waals surface area contributed by atoms with Crippen LogP contribution in [-0.2, 0) is 15.0 Å². The van der Waals surface area contributed by atoms with Crippen LogP contribution in [-0.4, -0.2) is 41.6 Å². The van der Waals surface area contributed by atoms with E-state index in [1.807, 2.05) is 29.2 Å². The van der Waals surface area contributed by atoms with E-state index in [-0.39, 0.29) is 12.5 Å². The first-order chi connectivity index (χ1) is 13.1. The summed E-state index contributed by atoms with van der Waals surface area (Å²) in [5.74, 6) is 0.476. The summed E-state index contributed by atoms with van der Waals surface area (Å²) in [5, 5.41) is 8.41. The number of nitrogens with zero attached hydrogens (tertiary/aromatic N) is 4. The monoisotopic (exact) mass is 367 g/mol. The second-order valence-corrected chi connectivity index (χ2v) is 7.68. The maximum atomic E-state index is 13.3. The topological polar surface area (TPSA) is 106 Å². The molecular formula is C19H21N5O3. The summed E-state index contributed by atoms with van der Waals surface area (Å²) < 4.78 is 5.89. The van der Waals surface area contributed by atoms with E-state index in [2.05, 4.69) is 10.2 Å². The number of aromatic nitrogens is 2. The second-order valence-electron chi connectivity index (χ2n) is 7.68. The minimum Gasteiger partial charge on any atom is -0.408 e. The molecular weight excluding hydrogens is 346 g/mol. The first-order valence-electron chi connectivity index (χ1n) is 9.37. The summed E-state index contributed by atoms with van der Waals surface area (Å²) in [6.07, 6.45) is 4.04. The van der Waals surface area contributed by atoms with Gasteiger partial charge in [0.15, 0.2) is 0 Å². The number of hydrogen-bond acceptors (Lipinski definition) is 6. The van der Waals surface area contributed by atoms with Crippen LogP contribution < -0.4 is 15.5 Å². The Kier molecular flexibility index (Phi) is 3.50. The minimum atomic E-state index is -0.697. The molecule has 1 aromatic carbocycles. The van der Waals surface area contributed by atoms with E-state index in [9.17, 15) is 9.59 Å². The maximum Gasteiger partial charge on any atom is 0.318 e. The van der Waals surface area contributed by atoms with Crippen LogP contribution in [0.5, 0.6) is 0 Å². The van der Waals surface area contributed by atoms with Crippen LogP contribution in [0.2, 0.25) is 0 Å². The summed E-state index contributed by atoms with van der Waals surface area (Å²) in [5.41, 5.74) is 6.38. The summed E-state index contributed by atoms with van der Waals surface area (Å²) in [7, 11) is 0. The molecule has 2 fully saturated rings. The lowest BCUT2D eigenvalue weighted by molar-refractivity contribution is -0.124. The predicted molar refractivity (Wildman–Crippen MR) is 97.4 cm³/mol. The van der Waals surface area contributed by atoms with Crippen LogP contribution in [0.3, 0.4) is 0 Å². The Morgan fingerprint density at radius 2 is 2.11 bits per heavy atom. The Bertz CT molecular complexity index is 922. The van der Waals surface area contributed by atoms with Gasteiger partial charge in [-0.2, -0.15) is 0 Å². The van der Waals surface area contributed by atoms with E-state index in [0.29, 0.717) is 37.3 Å². The molecule has 0 radical (unpaired) electrons. The molecule has 2 aromatic rings. The van der Waals surface area contributed by atoms with E-state index in [1.54, 1.807) is 0 Å². The lowest BCUT2D eigenvalue weighted by atomic mass is 9.81. The number of amides is 2. The van der Waals surface area contributed by atoms with Crippen LogP contribution in [0.4, 0.5) is 11.7 Å². The highest BCUT2D eigenvalue weighted by atomic mass is 16.4. The first kappa shape index (κ1) is 16.3. The predicted octanol–water partition coefficient (Wildman–Crippen LogP) is 1.32. The summed E-state index contributed by atoms with van der Waals surface area (Å²) in [4.78, 5) is 28.3. The standard InChI is InChI=1S/C19H21N5O3/c20-15(25)10-24-14-7-2-1-6-13(14)19(17(24)26)8-9-23(11-19)18-22-21-16(27-18)12-4-3-5-12/h1-2,6-7,12H,3-5,8-11H2,(H2,20,25). The Labute approximate surface area is 156 Å². The van der Waals surface area contributed by atoms with Crippen molar-refractivity contribution in [1.29, 1.82) is 0 Å². The van der Waals surface area contributed by atoms with Gasteiger partial charge in [0.2, 0.25) is 17.7 Å². The fourth-order valence-electron chi connectivity index (χ4n) is 4.45. The molecule has 8 nitrogen and oxygen atoms in total. The van der Waals surface area contributed by atoms with E-state index in [1.165, 1.54) is 11.3 Å². The number of fused-ring (bicyclic) bond motifs is 2. The molecule has 1 saturated carbocycles. The molecule has 8 heteroatoms. The van der Waals surface area contributed by atoms with Gasteiger partial charge in [0.05, 0.1) is 5.41 Å². The molecule has 0 bridgehead atoms. The van der Waals surface area contributed by atoms with Crippen molar-refractivity contribution in [2.24, 2.45) is 5.73 Å². The Hall–Kier alpha value is -2.90. The van der Waals surface area contributed by atoms with Crippen LogP contribution in [0.25, 0.3) is 0 Å². The van der Waals surface area contributed by atoms with Crippen molar-refractivity contribution in [1.82, 2.24) is 10.2 Å². The van der Waals surface area contributed by atoms with Gasteiger partial charge < -0.3 is 20.0 Å². The van der Waals surface area contributed by atoms with Crippen LogP contribution in [0.15, 0.2) is 28.7 Å². The summed E-state index contributed by atoms with van der Waals surface area (Å²) in [6.45, 7) is 1.01. The number of primary amides is 1. The molecule has 140 valence electrons. The van der Waals surface area contributed by atoms with Gasteiger partial charge in [0.25, 0.3) is 0 Å². The Morgan fingerprint density at radius 1 is 1.30 bits per heavy atom. The van der Waals surface area contributed by atoms with Crippen molar-refractivity contribution in [3.05, 3.63) is 35.7 Å². The second kappa shape index (κ2) is 5.80. The summed E-state index contributed by atoms with van der Waals surface area (Å²) in [6, 6.07) is 8.10.